The lowest BCUT2D eigenvalue weighted by Gasteiger charge is -2.21. The minimum absolute atomic E-state index is 0.233. The van der Waals surface area contributed by atoms with Crippen molar-refractivity contribution >= 4 is 28.1 Å². The Labute approximate surface area is 225 Å². The molecular weight excluding hydrogens is 494 g/mol. The van der Waals surface area contributed by atoms with Crippen LogP contribution in [0.5, 0.6) is 5.75 Å². The Morgan fingerprint density at radius 3 is 2.95 bits per heavy atom. The van der Waals surface area contributed by atoms with Gasteiger partial charge in [-0.25, -0.2) is 14.2 Å². The number of hydrogen-bond donors (Lipinski definition) is 2. The van der Waals surface area contributed by atoms with Crippen LogP contribution in [0.4, 0.5) is 5.69 Å². The van der Waals surface area contributed by atoms with Gasteiger partial charge in [0.1, 0.15) is 11.4 Å². The van der Waals surface area contributed by atoms with Gasteiger partial charge in [-0.15, -0.1) is 0 Å². The van der Waals surface area contributed by atoms with Crippen LogP contribution in [-0.4, -0.2) is 81.0 Å². The van der Waals surface area contributed by atoms with Gasteiger partial charge in [0.25, 0.3) is 5.91 Å². The molecule has 1 amide bonds. The van der Waals surface area contributed by atoms with E-state index in [1.165, 1.54) is 5.56 Å². The van der Waals surface area contributed by atoms with Gasteiger partial charge in [-0.2, -0.15) is 10.2 Å². The molecule has 11 nitrogen and oxygen atoms in total. The third kappa shape index (κ3) is 4.65. The van der Waals surface area contributed by atoms with Crippen molar-refractivity contribution < 1.29 is 9.53 Å². The van der Waals surface area contributed by atoms with Gasteiger partial charge in [-0.3, -0.25) is 9.78 Å². The molecule has 39 heavy (non-hydrogen) atoms. The zero-order valence-corrected chi connectivity index (χ0v) is 22.3. The van der Waals surface area contributed by atoms with Crippen LogP contribution in [0, 0.1) is 0 Å². The van der Waals surface area contributed by atoms with Crippen LogP contribution in [-0.2, 0) is 6.42 Å². The van der Waals surface area contributed by atoms with Crippen LogP contribution in [0.3, 0.4) is 0 Å². The lowest BCUT2D eigenvalue weighted by atomic mass is 10.0. The molecule has 0 saturated carbocycles. The number of pyridine rings is 1. The number of aryl methyl sites for hydroxylation is 1. The summed E-state index contributed by atoms with van der Waals surface area (Å²) in [6.45, 7) is 2.37. The SMILES string of the molecule is COc1cc2c(cc1-n1nc(C(=O)NCCCN(C)C)c3cnc(-c4cnn5cccnc45)cc31)CCCN2. The highest BCUT2D eigenvalue weighted by Gasteiger charge is 2.23. The first kappa shape index (κ1) is 24.8. The summed E-state index contributed by atoms with van der Waals surface area (Å²) in [5.41, 5.74) is 6.28. The maximum absolute atomic E-state index is 13.3. The summed E-state index contributed by atoms with van der Waals surface area (Å²) < 4.78 is 9.31. The molecule has 2 N–H and O–H groups in total. The van der Waals surface area contributed by atoms with E-state index < -0.39 is 0 Å². The number of carbonyl (C=O) groups is 1. The van der Waals surface area contributed by atoms with E-state index in [4.69, 9.17) is 14.8 Å². The Kier molecular flexibility index (Phi) is 6.57. The van der Waals surface area contributed by atoms with Crippen LogP contribution in [0.25, 0.3) is 33.5 Å². The molecule has 1 aliphatic rings. The third-order valence-electron chi connectivity index (χ3n) is 6.97. The lowest BCUT2D eigenvalue weighted by molar-refractivity contribution is 0.0948. The number of fused-ring (bicyclic) bond motifs is 3. The summed E-state index contributed by atoms with van der Waals surface area (Å²) in [4.78, 5) is 24.6. The molecule has 0 fully saturated rings. The molecule has 200 valence electrons. The molecule has 0 spiro atoms. The maximum atomic E-state index is 13.3. The molecular formula is C28H31N9O2. The summed E-state index contributed by atoms with van der Waals surface area (Å²) in [7, 11) is 5.68. The van der Waals surface area contributed by atoms with Crippen molar-refractivity contribution in [1.82, 2.24) is 39.6 Å². The normalized spacial score (nSPS) is 13.0. The minimum Gasteiger partial charge on any atom is -0.494 e. The summed E-state index contributed by atoms with van der Waals surface area (Å²) in [5, 5.41) is 16.4. The van der Waals surface area contributed by atoms with E-state index in [9.17, 15) is 4.79 Å². The first-order valence-corrected chi connectivity index (χ1v) is 13.1. The topological polar surface area (TPSA) is 114 Å². The predicted molar refractivity (Wildman–Crippen MR) is 150 cm³/mol. The molecule has 1 aliphatic heterocycles. The average Bonchev–Trinajstić information content (AvgIpc) is 3.56. The van der Waals surface area contributed by atoms with Crippen molar-refractivity contribution in [3.05, 3.63) is 60.3 Å². The Balaban J connectivity index is 1.49. The summed E-state index contributed by atoms with van der Waals surface area (Å²) in [6.07, 6.45) is 9.89. The van der Waals surface area contributed by atoms with Crippen LogP contribution in [0.2, 0.25) is 0 Å². The molecule has 0 aliphatic carbocycles. The number of methoxy groups -OCH3 is 1. The first-order valence-electron chi connectivity index (χ1n) is 13.1. The molecule has 0 saturated heterocycles. The Bertz CT molecular complexity index is 1670. The largest absolute Gasteiger partial charge is 0.494 e. The molecule has 0 unspecified atom stereocenters. The van der Waals surface area contributed by atoms with E-state index in [1.807, 2.05) is 38.5 Å². The Morgan fingerprint density at radius 1 is 1.21 bits per heavy atom. The highest BCUT2D eigenvalue weighted by Crippen LogP contribution is 2.35. The van der Waals surface area contributed by atoms with Crippen molar-refractivity contribution in [2.75, 3.05) is 46.2 Å². The number of ether oxygens (including phenoxy) is 1. The molecule has 6 rings (SSSR count). The minimum atomic E-state index is -0.233. The average molecular weight is 526 g/mol. The molecule has 5 heterocycles. The fraction of sp³-hybridized carbons (Fsp3) is 0.321. The number of aromatic nitrogens is 6. The fourth-order valence-electron chi connectivity index (χ4n) is 5.01. The second-order valence-electron chi connectivity index (χ2n) is 9.92. The number of anilines is 1. The zero-order valence-electron chi connectivity index (χ0n) is 22.3. The Hall–Kier alpha value is -4.51. The monoisotopic (exact) mass is 525 g/mol. The number of nitrogens with zero attached hydrogens (tertiary/aromatic N) is 7. The van der Waals surface area contributed by atoms with Gasteiger partial charge >= 0.3 is 0 Å². The maximum Gasteiger partial charge on any atom is 0.272 e. The van der Waals surface area contributed by atoms with Crippen molar-refractivity contribution in [3.8, 4) is 22.7 Å². The number of benzene rings is 1. The van der Waals surface area contributed by atoms with Gasteiger partial charge in [0.2, 0.25) is 0 Å². The standard InChI is InChI=1S/C28H31N9O2/c1-35(2)11-5-10-31-28(38)26-20-16-32-22(19-17-33-36-12-6-9-30-27(19)36)14-23(20)37(34-26)24-13-18-7-4-8-29-21(18)15-25(24)39-3/h6,9,12-17,29H,4-5,7-8,10-11H2,1-3H3,(H,31,38). The molecule has 0 bridgehead atoms. The number of carbonyl (C=O) groups excluding carboxylic acids is 1. The first-order chi connectivity index (χ1) is 19.0. The van der Waals surface area contributed by atoms with Crippen molar-refractivity contribution in [3.63, 3.8) is 0 Å². The van der Waals surface area contributed by atoms with Crippen molar-refractivity contribution in [2.45, 2.75) is 19.3 Å². The van der Waals surface area contributed by atoms with Gasteiger partial charge in [0.05, 0.1) is 35.5 Å². The van der Waals surface area contributed by atoms with Gasteiger partial charge < -0.3 is 20.3 Å². The number of nitrogens with one attached hydrogen (secondary N) is 2. The van der Waals surface area contributed by atoms with E-state index in [1.54, 1.807) is 34.9 Å². The van der Waals surface area contributed by atoms with Gasteiger partial charge in [-0.05, 0) is 63.7 Å². The van der Waals surface area contributed by atoms with E-state index in [-0.39, 0.29) is 5.91 Å². The second kappa shape index (κ2) is 10.3. The highest BCUT2D eigenvalue weighted by atomic mass is 16.5. The van der Waals surface area contributed by atoms with Crippen LogP contribution in [0.15, 0.2) is 49.1 Å². The van der Waals surface area contributed by atoms with Crippen LogP contribution < -0.4 is 15.4 Å². The fourth-order valence-corrected chi connectivity index (χ4v) is 5.01. The van der Waals surface area contributed by atoms with Crippen LogP contribution in [0.1, 0.15) is 28.9 Å². The highest BCUT2D eigenvalue weighted by molar-refractivity contribution is 6.05. The summed E-state index contributed by atoms with van der Waals surface area (Å²) in [6, 6.07) is 7.88. The predicted octanol–water partition coefficient (Wildman–Crippen LogP) is 3.18. The smallest absolute Gasteiger partial charge is 0.272 e. The lowest BCUT2D eigenvalue weighted by Crippen LogP contribution is -2.27. The van der Waals surface area contributed by atoms with E-state index in [0.717, 1.165) is 54.8 Å². The van der Waals surface area contributed by atoms with Gasteiger partial charge in [0.15, 0.2) is 11.3 Å². The molecule has 1 aromatic carbocycles. The van der Waals surface area contributed by atoms with Gasteiger partial charge in [-0.1, -0.05) is 0 Å². The van der Waals surface area contributed by atoms with Gasteiger partial charge in [0, 0.05) is 43.4 Å². The Morgan fingerprint density at radius 2 is 2.10 bits per heavy atom. The number of amides is 1. The third-order valence-corrected chi connectivity index (χ3v) is 6.97. The molecule has 5 aromatic rings. The van der Waals surface area contributed by atoms with E-state index in [0.29, 0.717) is 34.7 Å². The zero-order chi connectivity index (χ0) is 26.9. The van der Waals surface area contributed by atoms with Crippen molar-refractivity contribution in [2.24, 2.45) is 0 Å². The molecule has 11 heteroatoms. The number of rotatable bonds is 8. The van der Waals surface area contributed by atoms with Crippen molar-refractivity contribution in [1.29, 1.82) is 0 Å². The van der Waals surface area contributed by atoms with Crippen LogP contribution >= 0.6 is 0 Å². The van der Waals surface area contributed by atoms with E-state index in [2.05, 4.69) is 31.7 Å². The van der Waals surface area contributed by atoms with E-state index >= 15 is 0 Å². The molecule has 0 atom stereocenters. The quantitative estimate of drug-likeness (QED) is 0.297. The molecule has 4 aromatic heterocycles. The summed E-state index contributed by atoms with van der Waals surface area (Å²) in [5.74, 6) is 0.435. The second-order valence-corrected chi connectivity index (χ2v) is 9.92. The number of hydrogen-bond acceptors (Lipinski definition) is 8. The summed E-state index contributed by atoms with van der Waals surface area (Å²) >= 11 is 0. The molecule has 0 radical (unpaired) electrons.